The van der Waals surface area contributed by atoms with E-state index in [0.29, 0.717) is 32.4 Å². The summed E-state index contributed by atoms with van der Waals surface area (Å²) in [6.07, 6.45) is -2.29. The molecule has 2 aliphatic heterocycles. The summed E-state index contributed by atoms with van der Waals surface area (Å²) in [5.41, 5.74) is -0.626. The van der Waals surface area contributed by atoms with Gasteiger partial charge in [-0.15, -0.1) is 0 Å². The Kier molecular flexibility index (Phi) is 5.52. The maximum absolute atomic E-state index is 13.9. The van der Waals surface area contributed by atoms with Crippen LogP contribution in [0.15, 0.2) is 6.07 Å². The van der Waals surface area contributed by atoms with Crippen molar-refractivity contribution < 1.29 is 22.8 Å². The minimum absolute atomic E-state index is 0.0296. The molecule has 2 saturated heterocycles. The number of carbonyl (C=O) groups excluding carboxylic acids is 2. The monoisotopic (exact) mass is 438 g/mol. The third kappa shape index (κ3) is 4.17. The summed E-state index contributed by atoms with van der Waals surface area (Å²) in [5, 5.41) is 9.39. The van der Waals surface area contributed by atoms with Gasteiger partial charge in [0.1, 0.15) is 0 Å². The van der Waals surface area contributed by atoms with Crippen LogP contribution in [0.2, 0.25) is 0 Å². The molecule has 4 heterocycles. The number of anilines is 1. The number of aromatic amines is 1. The number of nitrogens with one attached hydrogen (secondary N) is 2. The van der Waals surface area contributed by atoms with Crippen LogP contribution in [0.3, 0.4) is 0 Å². The van der Waals surface area contributed by atoms with Gasteiger partial charge in [-0.25, -0.2) is 4.98 Å². The van der Waals surface area contributed by atoms with E-state index in [1.807, 2.05) is 13.8 Å². The number of aromatic nitrogens is 3. The molecule has 8 nitrogen and oxygen atoms in total. The lowest BCUT2D eigenvalue weighted by Crippen LogP contribution is -2.40. The molecule has 31 heavy (non-hydrogen) atoms. The van der Waals surface area contributed by atoms with Crippen molar-refractivity contribution in [3.05, 3.63) is 17.3 Å². The minimum atomic E-state index is -4.61. The van der Waals surface area contributed by atoms with Crippen LogP contribution < -0.4 is 5.32 Å². The smallest absolute Gasteiger partial charge is 0.366 e. The van der Waals surface area contributed by atoms with Crippen LogP contribution >= 0.6 is 0 Å². The number of fused-ring (bicyclic) bond motifs is 1. The van der Waals surface area contributed by atoms with Crippen molar-refractivity contribution in [3.8, 4) is 0 Å². The quantitative estimate of drug-likeness (QED) is 0.748. The number of H-pyrrole nitrogens is 1. The number of alkyl halides is 3. The molecular formula is C20H25F3N6O2. The van der Waals surface area contributed by atoms with Gasteiger partial charge in [-0.05, 0) is 39.2 Å². The predicted octanol–water partition coefficient (Wildman–Crippen LogP) is 3.08. The van der Waals surface area contributed by atoms with Crippen LogP contribution in [-0.4, -0.2) is 62.5 Å². The van der Waals surface area contributed by atoms with Crippen LogP contribution in [0.5, 0.6) is 0 Å². The maximum Gasteiger partial charge on any atom is 0.417 e. The Labute approximate surface area is 177 Å². The molecule has 2 aromatic heterocycles. The molecular weight excluding hydrogens is 413 g/mol. The minimum Gasteiger partial charge on any atom is -0.366 e. The molecule has 1 atom stereocenters. The average molecular weight is 438 g/mol. The van der Waals surface area contributed by atoms with Gasteiger partial charge in [0.05, 0.1) is 29.2 Å². The fourth-order valence-electron chi connectivity index (χ4n) is 4.32. The molecule has 1 unspecified atom stereocenters. The zero-order chi connectivity index (χ0) is 22.3. The van der Waals surface area contributed by atoms with Gasteiger partial charge < -0.3 is 15.1 Å². The van der Waals surface area contributed by atoms with Gasteiger partial charge in [-0.3, -0.25) is 14.7 Å². The number of halogens is 3. The second kappa shape index (κ2) is 8.01. The van der Waals surface area contributed by atoms with E-state index in [1.54, 1.807) is 4.90 Å². The van der Waals surface area contributed by atoms with Crippen LogP contribution in [0.25, 0.3) is 11.0 Å². The molecule has 2 amide bonds. The predicted molar refractivity (Wildman–Crippen MR) is 107 cm³/mol. The lowest BCUT2D eigenvalue weighted by molar-refractivity contribution is -0.139. The molecule has 0 aromatic carbocycles. The summed E-state index contributed by atoms with van der Waals surface area (Å²) >= 11 is 0. The molecule has 2 aromatic rings. The Morgan fingerprint density at radius 3 is 2.74 bits per heavy atom. The molecule has 2 N–H and O–H groups in total. The first kappa shape index (κ1) is 21.4. The number of nitrogens with zero attached hydrogens (tertiary/aromatic N) is 4. The zero-order valence-corrected chi connectivity index (χ0v) is 17.4. The van der Waals surface area contributed by atoms with Crippen LogP contribution in [0.1, 0.15) is 56.8 Å². The van der Waals surface area contributed by atoms with Crippen LogP contribution in [0.4, 0.5) is 19.0 Å². The number of amides is 2. The Bertz CT molecular complexity index is 1000. The first-order chi connectivity index (χ1) is 14.6. The summed E-state index contributed by atoms with van der Waals surface area (Å²) in [4.78, 5) is 32.2. The molecule has 0 bridgehead atoms. The first-order valence-electron chi connectivity index (χ1n) is 10.4. The van der Waals surface area contributed by atoms with E-state index >= 15 is 0 Å². The summed E-state index contributed by atoms with van der Waals surface area (Å²) in [6, 6.07) is 0.352. The summed E-state index contributed by atoms with van der Waals surface area (Å²) in [7, 11) is 0. The molecule has 11 heteroatoms. The lowest BCUT2D eigenvalue weighted by atomic mass is 10.0. The van der Waals surface area contributed by atoms with Gasteiger partial charge in [0.2, 0.25) is 11.8 Å². The Morgan fingerprint density at radius 2 is 2.10 bits per heavy atom. The zero-order valence-electron chi connectivity index (χ0n) is 17.4. The maximum atomic E-state index is 13.9. The van der Waals surface area contributed by atoms with Crippen molar-refractivity contribution in [2.75, 3.05) is 25.0 Å². The molecule has 0 spiro atoms. The van der Waals surface area contributed by atoms with E-state index in [0.717, 1.165) is 12.5 Å². The molecule has 0 radical (unpaired) electrons. The lowest BCUT2D eigenvalue weighted by Gasteiger charge is -2.27. The van der Waals surface area contributed by atoms with Gasteiger partial charge in [0.15, 0.2) is 11.5 Å². The summed E-state index contributed by atoms with van der Waals surface area (Å²) in [5.74, 6) is -0.228. The highest BCUT2D eigenvalue weighted by Crippen LogP contribution is 2.40. The SMILES string of the molecule is CC(C)Nc1n[nH]c2nc(C3CCCN3C(=O)CN3CCCC3=O)cc(C(F)(F)F)c12. The van der Waals surface area contributed by atoms with Gasteiger partial charge in [-0.1, -0.05) is 0 Å². The third-order valence-electron chi connectivity index (χ3n) is 5.69. The van der Waals surface area contributed by atoms with E-state index < -0.39 is 17.8 Å². The second-order valence-electron chi connectivity index (χ2n) is 8.35. The molecule has 168 valence electrons. The topological polar surface area (TPSA) is 94.2 Å². The standard InChI is InChI=1S/C20H25F3N6O2/c1-11(2)24-18-17-12(20(21,22)23)9-13(25-19(17)27-26-18)14-5-3-8-29(14)16(31)10-28-7-4-6-15(28)30/h9,11,14H,3-8,10H2,1-2H3,(H2,24,25,26,27). The fraction of sp³-hybridized carbons (Fsp3) is 0.600. The van der Waals surface area contributed by atoms with Crippen molar-refractivity contribution in [1.29, 1.82) is 0 Å². The number of likely N-dealkylation sites (tertiary alicyclic amines) is 2. The van der Waals surface area contributed by atoms with Gasteiger partial charge in [0.25, 0.3) is 0 Å². The van der Waals surface area contributed by atoms with Crippen molar-refractivity contribution in [2.45, 2.75) is 57.8 Å². The number of hydrogen-bond acceptors (Lipinski definition) is 5. The van der Waals surface area contributed by atoms with Gasteiger partial charge in [0, 0.05) is 25.6 Å². The van der Waals surface area contributed by atoms with Crippen LogP contribution in [-0.2, 0) is 15.8 Å². The number of carbonyl (C=O) groups is 2. The van der Waals surface area contributed by atoms with E-state index in [4.69, 9.17) is 0 Å². The Hall–Kier alpha value is -2.85. The molecule has 0 aliphatic carbocycles. The molecule has 4 rings (SSSR count). The number of rotatable bonds is 5. The molecule has 0 saturated carbocycles. The highest BCUT2D eigenvalue weighted by Gasteiger charge is 2.39. The van der Waals surface area contributed by atoms with Crippen molar-refractivity contribution in [3.63, 3.8) is 0 Å². The summed E-state index contributed by atoms with van der Waals surface area (Å²) < 4.78 is 41.8. The van der Waals surface area contributed by atoms with E-state index in [9.17, 15) is 22.8 Å². The highest BCUT2D eigenvalue weighted by molar-refractivity contribution is 5.91. The summed E-state index contributed by atoms with van der Waals surface area (Å²) in [6.45, 7) is 4.53. The van der Waals surface area contributed by atoms with Crippen molar-refractivity contribution in [2.24, 2.45) is 0 Å². The normalized spacial score (nSPS) is 19.8. The Morgan fingerprint density at radius 1 is 1.32 bits per heavy atom. The fourth-order valence-corrected chi connectivity index (χ4v) is 4.32. The van der Waals surface area contributed by atoms with Crippen molar-refractivity contribution >= 4 is 28.7 Å². The van der Waals surface area contributed by atoms with E-state index in [2.05, 4.69) is 20.5 Å². The van der Waals surface area contributed by atoms with E-state index in [1.165, 1.54) is 4.90 Å². The third-order valence-corrected chi connectivity index (χ3v) is 5.69. The highest BCUT2D eigenvalue weighted by atomic mass is 19.4. The van der Waals surface area contributed by atoms with Crippen molar-refractivity contribution in [1.82, 2.24) is 25.0 Å². The second-order valence-corrected chi connectivity index (χ2v) is 8.35. The molecule has 2 aliphatic rings. The largest absolute Gasteiger partial charge is 0.417 e. The Balaban J connectivity index is 1.68. The van der Waals surface area contributed by atoms with Gasteiger partial charge >= 0.3 is 6.18 Å². The van der Waals surface area contributed by atoms with E-state index in [-0.39, 0.29) is 46.9 Å². The van der Waals surface area contributed by atoms with Crippen LogP contribution in [0, 0.1) is 0 Å². The average Bonchev–Trinajstić information content (AvgIpc) is 3.41. The number of hydrogen-bond donors (Lipinski definition) is 2. The first-order valence-corrected chi connectivity index (χ1v) is 10.4. The van der Waals surface area contributed by atoms with Gasteiger partial charge in [-0.2, -0.15) is 18.3 Å². The molecule has 2 fully saturated rings. The number of pyridine rings is 1.